The number of aliphatic hydroxyl groups is 1. The Morgan fingerprint density at radius 3 is 2.89 bits per heavy atom. The molecule has 2 heterocycles. The van der Waals surface area contributed by atoms with Crippen molar-refractivity contribution in [1.29, 1.82) is 0 Å². The number of hydrogen-bond donors (Lipinski definition) is 1. The number of fused-ring (bicyclic) bond motifs is 1. The normalized spacial score (nSPS) is 12.9. The SMILES string of the molecule is Cc1csc2ncc(C(O)CCc3ccccc3)n12. The highest BCUT2D eigenvalue weighted by Gasteiger charge is 2.15. The number of aryl methyl sites for hydroxylation is 2. The van der Waals surface area contributed by atoms with Crippen LogP contribution in [0.25, 0.3) is 4.96 Å². The Hall–Kier alpha value is -1.65. The van der Waals surface area contributed by atoms with Gasteiger partial charge >= 0.3 is 0 Å². The summed E-state index contributed by atoms with van der Waals surface area (Å²) in [5.41, 5.74) is 3.28. The van der Waals surface area contributed by atoms with Crippen LogP contribution in [-0.4, -0.2) is 14.5 Å². The van der Waals surface area contributed by atoms with Crippen LogP contribution in [0, 0.1) is 6.92 Å². The molecule has 3 rings (SSSR count). The fraction of sp³-hybridized carbons (Fsp3) is 0.267. The van der Waals surface area contributed by atoms with Crippen molar-refractivity contribution in [1.82, 2.24) is 9.38 Å². The largest absolute Gasteiger partial charge is 0.387 e. The van der Waals surface area contributed by atoms with Crippen LogP contribution in [0.3, 0.4) is 0 Å². The molecule has 0 amide bonds. The molecule has 0 saturated heterocycles. The van der Waals surface area contributed by atoms with Gasteiger partial charge in [0, 0.05) is 11.1 Å². The lowest BCUT2D eigenvalue weighted by atomic mass is 10.1. The van der Waals surface area contributed by atoms with Crippen molar-refractivity contribution < 1.29 is 5.11 Å². The second-order valence-electron chi connectivity index (χ2n) is 4.72. The minimum atomic E-state index is -0.469. The van der Waals surface area contributed by atoms with E-state index in [1.54, 1.807) is 17.5 Å². The zero-order chi connectivity index (χ0) is 13.2. The van der Waals surface area contributed by atoms with Crippen molar-refractivity contribution >= 4 is 16.3 Å². The molecule has 2 aromatic heterocycles. The van der Waals surface area contributed by atoms with E-state index < -0.39 is 6.10 Å². The van der Waals surface area contributed by atoms with Crippen LogP contribution in [0.5, 0.6) is 0 Å². The summed E-state index contributed by atoms with van der Waals surface area (Å²) < 4.78 is 2.04. The predicted octanol–water partition coefficient (Wildman–Crippen LogP) is 3.37. The van der Waals surface area contributed by atoms with Crippen LogP contribution in [0.4, 0.5) is 0 Å². The molecular formula is C15H16N2OS. The number of aromatic nitrogens is 2. The van der Waals surface area contributed by atoms with Gasteiger partial charge in [-0.05, 0) is 25.3 Å². The Morgan fingerprint density at radius 1 is 1.32 bits per heavy atom. The molecule has 19 heavy (non-hydrogen) atoms. The van der Waals surface area contributed by atoms with Crippen molar-refractivity contribution in [2.75, 3.05) is 0 Å². The summed E-state index contributed by atoms with van der Waals surface area (Å²) in [7, 11) is 0. The van der Waals surface area contributed by atoms with Crippen molar-refractivity contribution in [2.24, 2.45) is 0 Å². The molecule has 0 radical (unpaired) electrons. The average Bonchev–Trinajstić information content (AvgIpc) is 3.01. The lowest BCUT2D eigenvalue weighted by molar-refractivity contribution is 0.162. The molecule has 4 heteroatoms. The van der Waals surface area contributed by atoms with E-state index >= 15 is 0 Å². The predicted molar refractivity (Wildman–Crippen MR) is 77.5 cm³/mol. The second-order valence-corrected chi connectivity index (χ2v) is 5.55. The van der Waals surface area contributed by atoms with E-state index in [-0.39, 0.29) is 0 Å². The van der Waals surface area contributed by atoms with Crippen molar-refractivity contribution in [3.63, 3.8) is 0 Å². The molecular weight excluding hydrogens is 256 g/mol. The minimum absolute atomic E-state index is 0.469. The zero-order valence-corrected chi connectivity index (χ0v) is 11.6. The molecule has 0 aliphatic carbocycles. The van der Waals surface area contributed by atoms with Gasteiger partial charge in [-0.25, -0.2) is 4.98 Å². The summed E-state index contributed by atoms with van der Waals surface area (Å²) in [6, 6.07) is 10.3. The molecule has 0 bridgehead atoms. The Balaban J connectivity index is 1.77. The first kappa shape index (κ1) is 12.4. The van der Waals surface area contributed by atoms with Gasteiger partial charge in [0.15, 0.2) is 4.96 Å². The fourth-order valence-electron chi connectivity index (χ4n) is 2.31. The van der Waals surface area contributed by atoms with Crippen LogP contribution in [0.1, 0.15) is 29.5 Å². The third-order valence-corrected chi connectivity index (χ3v) is 4.29. The lowest BCUT2D eigenvalue weighted by Crippen LogP contribution is -2.03. The number of hydrogen-bond acceptors (Lipinski definition) is 3. The van der Waals surface area contributed by atoms with Crippen LogP contribution < -0.4 is 0 Å². The third-order valence-electron chi connectivity index (χ3n) is 3.34. The van der Waals surface area contributed by atoms with Crippen molar-refractivity contribution in [3.05, 3.63) is 58.9 Å². The molecule has 0 aliphatic rings. The van der Waals surface area contributed by atoms with Crippen molar-refractivity contribution in [2.45, 2.75) is 25.9 Å². The van der Waals surface area contributed by atoms with Gasteiger partial charge in [0.25, 0.3) is 0 Å². The lowest BCUT2D eigenvalue weighted by Gasteiger charge is -2.10. The zero-order valence-electron chi connectivity index (χ0n) is 10.8. The molecule has 3 nitrogen and oxygen atoms in total. The van der Waals surface area contributed by atoms with E-state index in [1.165, 1.54) is 5.56 Å². The maximum Gasteiger partial charge on any atom is 0.194 e. The van der Waals surface area contributed by atoms with Crippen LogP contribution in [0.2, 0.25) is 0 Å². The maximum atomic E-state index is 10.4. The Labute approximate surface area is 116 Å². The number of benzene rings is 1. The Kier molecular flexibility index (Phi) is 3.36. The molecule has 98 valence electrons. The first-order valence-corrected chi connectivity index (χ1v) is 7.27. The minimum Gasteiger partial charge on any atom is -0.387 e. The summed E-state index contributed by atoms with van der Waals surface area (Å²) in [5.74, 6) is 0. The smallest absolute Gasteiger partial charge is 0.194 e. The van der Waals surface area contributed by atoms with Crippen LogP contribution >= 0.6 is 11.3 Å². The molecule has 0 fully saturated rings. The van der Waals surface area contributed by atoms with E-state index in [0.29, 0.717) is 6.42 Å². The van der Waals surface area contributed by atoms with Gasteiger partial charge in [-0.3, -0.25) is 4.40 Å². The van der Waals surface area contributed by atoms with Gasteiger partial charge in [0.2, 0.25) is 0 Å². The third kappa shape index (κ3) is 2.41. The van der Waals surface area contributed by atoms with Gasteiger partial charge in [-0.15, -0.1) is 11.3 Å². The summed E-state index contributed by atoms with van der Waals surface area (Å²) in [6.07, 6.45) is 2.91. The first-order chi connectivity index (χ1) is 9.25. The molecule has 1 aromatic carbocycles. The molecule has 1 atom stereocenters. The molecule has 0 aliphatic heterocycles. The number of aliphatic hydroxyl groups excluding tert-OH is 1. The number of rotatable bonds is 4. The van der Waals surface area contributed by atoms with E-state index in [9.17, 15) is 5.11 Å². The van der Waals surface area contributed by atoms with Gasteiger partial charge in [0.05, 0.1) is 18.0 Å². The summed E-state index contributed by atoms with van der Waals surface area (Å²) >= 11 is 1.61. The van der Waals surface area contributed by atoms with Crippen LogP contribution in [0.15, 0.2) is 41.9 Å². The number of thiazole rings is 1. The molecule has 3 aromatic rings. The van der Waals surface area contributed by atoms with Gasteiger partial charge in [0.1, 0.15) is 0 Å². The van der Waals surface area contributed by atoms with E-state index in [4.69, 9.17) is 0 Å². The molecule has 1 unspecified atom stereocenters. The highest BCUT2D eigenvalue weighted by molar-refractivity contribution is 7.15. The molecule has 1 N–H and O–H groups in total. The van der Waals surface area contributed by atoms with Gasteiger partial charge in [-0.1, -0.05) is 30.3 Å². The fourth-order valence-corrected chi connectivity index (χ4v) is 3.16. The summed E-state index contributed by atoms with van der Waals surface area (Å²) in [4.78, 5) is 5.29. The first-order valence-electron chi connectivity index (χ1n) is 6.39. The monoisotopic (exact) mass is 272 g/mol. The number of imidazole rings is 1. The molecule has 0 saturated carbocycles. The van der Waals surface area contributed by atoms with E-state index in [1.807, 2.05) is 29.5 Å². The van der Waals surface area contributed by atoms with Crippen molar-refractivity contribution in [3.8, 4) is 0 Å². The van der Waals surface area contributed by atoms with E-state index in [0.717, 1.165) is 22.8 Å². The molecule has 0 spiro atoms. The standard InChI is InChI=1S/C15H16N2OS/c1-11-10-19-15-16-9-13(17(11)15)14(18)8-7-12-5-3-2-4-6-12/h2-6,9-10,14,18H,7-8H2,1H3. The van der Waals surface area contributed by atoms with Gasteiger partial charge < -0.3 is 5.11 Å². The summed E-state index contributed by atoms with van der Waals surface area (Å²) in [6.45, 7) is 2.04. The Bertz CT molecular complexity index is 672. The Morgan fingerprint density at radius 2 is 2.11 bits per heavy atom. The highest BCUT2D eigenvalue weighted by Crippen LogP contribution is 2.24. The second kappa shape index (κ2) is 5.15. The average molecular weight is 272 g/mol. The number of nitrogens with zero attached hydrogens (tertiary/aromatic N) is 2. The topological polar surface area (TPSA) is 37.5 Å². The summed E-state index contributed by atoms with van der Waals surface area (Å²) in [5, 5.41) is 12.4. The maximum absolute atomic E-state index is 10.4. The van der Waals surface area contributed by atoms with E-state index in [2.05, 4.69) is 22.5 Å². The highest BCUT2D eigenvalue weighted by atomic mass is 32.1. The quantitative estimate of drug-likeness (QED) is 0.790. The van der Waals surface area contributed by atoms with Gasteiger partial charge in [-0.2, -0.15) is 0 Å². The van der Waals surface area contributed by atoms with Crippen LogP contribution in [-0.2, 0) is 6.42 Å².